The smallest absolute Gasteiger partial charge is 0.260 e. The first kappa shape index (κ1) is 12.6. The van der Waals surface area contributed by atoms with Gasteiger partial charge in [-0.3, -0.25) is 4.40 Å². The molecule has 98 valence electrons. The molecule has 2 aromatic heterocycles. The third-order valence-corrected chi connectivity index (χ3v) is 2.47. The molecule has 6 heteroatoms. The van der Waals surface area contributed by atoms with Gasteiger partial charge in [0.25, 0.3) is 5.88 Å². The quantitative estimate of drug-likeness (QED) is 0.843. The van der Waals surface area contributed by atoms with Crippen LogP contribution in [0.15, 0.2) is 18.6 Å². The summed E-state index contributed by atoms with van der Waals surface area (Å²) in [6, 6.07) is 0. The molecule has 0 radical (unpaired) electrons. The van der Waals surface area contributed by atoms with Crippen molar-refractivity contribution in [2.75, 3.05) is 25.6 Å². The molecule has 2 rings (SSSR count). The van der Waals surface area contributed by atoms with Gasteiger partial charge >= 0.3 is 0 Å². The molecule has 0 aliphatic carbocycles. The highest BCUT2D eigenvalue weighted by molar-refractivity contribution is 5.53. The number of hydrogen-bond donors (Lipinski definition) is 1. The van der Waals surface area contributed by atoms with Crippen LogP contribution in [-0.4, -0.2) is 40.7 Å². The fourth-order valence-electron chi connectivity index (χ4n) is 1.61. The van der Waals surface area contributed by atoms with E-state index < -0.39 is 0 Å². The van der Waals surface area contributed by atoms with Crippen molar-refractivity contribution in [2.24, 2.45) is 0 Å². The number of imidazole rings is 1. The first-order valence-electron chi connectivity index (χ1n) is 6.00. The van der Waals surface area contributed by atoms with Gasteiger partial charge in [0.1, 0.15) is 11.9 Å². The zero-order chi connectivity index (χ0) is 13.0. The molecule has 2 aromatic rings. The van der Waals surface area contributed by atoms with Crippen LogP contribution in [0.5, 0.6) is 5.88 Å². The number of fused-ring (bicyclic) bond motifs is 1. The minimum Gasteiger partial charge on any atom is -0.470 e. The fourth-order valence-corrected chi connectivity index (χ4v) is 1.61. The van der Waals surface area contributed by atoms with E-state index in [0.29, 0.717) is 24.7 Å². The Bertz CT molecular complexity index is 512. The average Bonchev–Trinajstić information content (AvgIpc) is 2.84. The molecule has 1 atom stereocenters. The van der Waals surface area contributed by atoms with Crippen molar-refractivity contribution in [3.63, 3.8) is 0 Å². The summed E-state index contributed by atoms with van der Waals surface area (Å²) in [5, 5.41) is 2.99. The Labute approximate surface area is 106 Å². The van der Waals surface area contributed by atoms with Gasteiger partial charge in [-0.25, -0.2) is 4.98 Å². The van der Waals surface area contributed by atoms with Crippen LogP contribution in [-0.2, 0) is 4.74 Å². The van der Waals surface area contributed by atoms with Gasteiger partial charge in [0.15, 0.2) is 0 Å². The second-order valence-corrected chi connectivity index (χ2v) is 3.93. The molecule has 0 amide bonds. The summed E-state index contributed by atoms with van der Waals surface area (Å²) < 4.78 is 13.0. The predicted molar refractivity (Wildman–Crippen MR) is 69.1 cm³/mol. The minimum atomic E-state index is -0.0648. The molecule has 0 bridgehead atoms. The summed E-state index contributed by atoms with van der Waals surface area (Å²) in [4.78, 5) is 8.60. The fraction of sp³-hybridized carbons (Fsp3) is 0.500. The molecule has 0 fully saturated rings. The van der Waals surface area contributed by atoms with Crippen molar-refractivity contribution in [2.45, 2.75) is 20.0 Å². The van der Waals surface area contributed by atoms with E-state index in [-0.39, 0.29) is 6.10 Å². The van der Waals surface area contributed by atoms with Crippen LogP contribution < -0.4 is 10.1 Å². The van der Waals surface area contributed by atoms with Crippen molar-refractivity contribution in [1.82, 2.24) is 14.4 Å². The summed E-state index contributed by atoms with van der Waals surface area (Å²) in [6.45, 7) is 5.12. The lowest BCUT2D eigenvalue weighted by Gasteiger charge is -2.14. The van der Waals surface area contributed by atoms with Gasteiger partial charge in [-0.15, -0.1) is 0 Å². The van der Waals surface area contributed by atoms with Crippen LogP contribution in [0, 0.1) is 0 Å². The van der Waals surface area contributed by atoms with Crippen molar-refractivity contribution in [1.29, 1.82) is 0 Å². The predicted octanol–water partition coefficient (Wildman–Crippen LogP) is 1.57. The summed E-state index contributed by atoms with van der Waals surface area (Å²) in [7, 11) is 1.82. The number of nitrogens with one attached hydrogen (secondary N) is 1. The number of ether oxygens (including phenoxy) is 2. The molecule has 2 heterocycles. The van der Waals surface area contributed by atoms with Crippen LogP contribution >= 0.6 is 0 Å². The molecule has 0 saturated heterocycles. The Morgan fingerprint density at radius 3 is 3.06 bits per heavy atom. The van der Waals surface area contributed by atoms with Crippen LogP contribution in [0.3, 0.4) is 0 Å². The van der Waals surface area contributed by atoms with Gasteiger partial charge < -0.3 is 14.8 Å². The molecule has 1 N–H and O–H groups in total. The Balaban J connectivity index is 2.22. The standard InChI is InChI=1S/C12H18N4O2/c1-4-17-8-9(2)18-12-11-14-5-6-16(11)7-10(13-3)15-12/h5-7,9,13H,4,8H2,1-3H3. The highest BCUT2D eigenvalue weighted by atomic mass is 16.5. The van der Waals surface area contributed by atoms with E-state index in [0.717, 1.165) is 5.82 Å². The topological polar surface area (TPSA) is 60.7 Å². The lowest BCUT2D eigenvalue weighted by molar-refractivity contribution is 0.0640. The average molecular weight is 250 g/mol. The Kier molecular flexibility index (Phi) is 3.99. The van der Waals surface area contributed by atoms with Crippen molar-refractivity contribution >= 4 is 11.5 Å². The van der Waals surface area contributed by atoms with Crippen LogP contribution in [0.2, 0.25) is 0 Å². The van der Waals surface area contributed by atoms with E-state index in [1.807, 2.05) is 37.7 Å². The van der Waals surface area contributed by atoms with Crippen molar-refractivity contribution in [3.8, 4) is 5.88 Å². The van der Waals surface area contributed by atoms with E-state index in [9.17, 15) is 0 Å². The van der Waals surface area contributed by atoms with E-state index >= 15 is 0 Å². The van der Waals surface area contributed by atoms with E-state index in [2.05, 4.69) is 15.3 Å². The van der Waals surface area contributed by atoms with E-state index in [1.165, 1.54) is 0 Å². The number of anilines is 1. The van der Waals surface area contributed by atoms with Gasteiger partial charge in [-0.1, -0.05) is 0 Å². The summed E-state index contributed by atoms with van der Waals surface area (Å²) >= 11 is 0. The maximum atomic E-state index is 5.77. The van der Waals surface area contributed by atoms with Crippen molar-refractivity contribution < 1.29 is 9.47 Å². The molecule has 0 saturated carbocycles. The molecular weight excluding hydrogens is 232 g/mol. The number of aromatic nitrogens is 3. The Morgan fingerprint density at radius 2 is 2.33 bits per heavy atom. The van der Waals surface area contributed by atoms with Crippen molar-refractivity contribution in [3.05, 3.63) is 18.6 Å². The first-order chi connectivity index (χ1) is 8.74. The molecular formula is C12H18N4O2. The molecule has 18 heavy (non-hydrogen) atoms. The van der Waals surface area contributed by atoms with E-state index in [4.69, 9.17) is 9.47 Å². The normalized spacial score (nSPS) is 12.6. The van der Waals surface area contributed by atoms with Gasteiger partial charge in [-0.05, 0) is 13.8 Å². The molecule has 0 spiro atoms. The minimum absolute atomic E-state index is 0.0648. The van der Waals surface area contributed by atoms with Gasteiger partial charge in [-0.2, -0.15) is 4.98 Å². The third kappa shape index (κ3) is 2.70. The van der Waals surface area contributed by atoms with Gasteiger partial charge in [0, 0.05) is 26.0 Å². The largest absolute Gasteiger partial charge is 0.470 e. The Morgan fingerprint density at radius 1 is 1.50 bits per heavy atom. The summed E-state index contributed by atoms with van der Waals surface area (Å²) in [5.74, 6) is 1.25. The highest BCUT2D eigenvalue weighted by Crippen LogP contribution is 2.19. The third-order valence-electron chi connectivity index (χ3n) is 2.47. The monoisotopic (exact) mass is 250 g/mol. The lowest BCUT2D eigenvalue weighted by Crippen LogP contribution is -2.20. The number of rotatable bonds is 6. The Hall–Kier alpha value is -1.82. The zero-order valence-electron chi connectivity index (χ0n) is 10.9. The van der Waals surface area contributed by atoms with E-state index in [1.54, 1.807) is 6.20 Å². The second kappa shape index (κ2) is 5.68. The van der Waals surface area contributed by atoms with Gasteiger partial charge in [0.05, 0.1) is 12.8 Å². The molecule has 0 aliphatic rings. The van der Waals surface area contributed by atoms with Gasteiger partial charge in [0.2, 0.25) is 5.65 Å². The van der Waals surface area contributed by atoms with Crippen LogP contribution in [0.4, 0.5) is 5.82 Å². The molecule has 6 nitrogen and oxygen atoms in total. The maximum Gasteiger partial charge on any atom is 0.260 e. The van der Waals surface area contributed by atoms with Crippen LogP contribution in [0.25, 0.3) is 5.65 Å². The molecule has 0 aromatic carbocycles. The molecule has 1 unspecified atom stereocenters. The number of hydrogen-bond acceptors (Lipinski definition) is 5. The lowest BCUT2D eigenvalue weighted by atomic mass is 10.4. The molecule has 0 aliphatic heterocycles. The maximum absolute atomic E-state index is 5.77. The first-order valence-corrected chi connectivity index (χ1v) is 6.00. The second-order valence-electron chi connectivity index (χ2n) is 3.93. The summed E-state index contributed by atoms with van der Waals surface area (Å²) in [5.41, 5.74) is 0.706. The summed E-state index contributed by atoms with van der Waals surface area (Å²) in [6.07, 6.45) is 5.38. The van der Waals surface area contributed by atoms with Crippen LogP contribution in [0.1, 0.15) is 13.8 Å². The SMILES string of the molecule is CCOCC(C)Oc1nc(NC)cn2ccnc12. The highest BCUT2D eigenvalue weighted by Gasteiger charge is 2.12. The number of nitrogens with zero attached hydrogens (tertiary/aromatic N) is 3. The zero-order valence-corrected chi connectivity index (χ0v) is 10.9.